The normalized spacial score (nSPS) is 13.2. The molecule has 0 spiro atoms. The van der Waals surface area contributed by atoms with E-state index in [1.807, 2.05) is 49.5 Å². The van der Waals surface area contributed by atoms with Crippen LogP contribution in [0.15, 0.2) is 42.5 Å². The molecule has 0 saturated carbocycles. The summed E-state index contributed by atoms with van der Waals surface area (Å²) in [5.74, 6) is -0.0557. The Morgan fingerprint density at radius 1 is 1.13 bits per heavy atom. The van der Waals surface area contributed by atoms with Gasteiger partial charge in [0, 0.05) is 5.69 Å². The molecule has 0 aliphatic carbocycles. The lowest BCUT2D eigenvalue weighted by atomic mass is 10.0. The summed E-state index contributed by atoms with van der Waals surface area (Å²) in [7, 11) is 1.89. The smallest absolute Gasteiger partial charge is 0.411 e. The van der Waals surface area contributed by atoms with Gasteiger partial charge in [-0.05, 0) is 49.1 Å². The molecule has 2 aromatic carbocycles. The van der Waals surface area contributed by atoms with E-state index in [2.05, 4.69) is 5.32 Å². The molecule has 3 N–H and O–H groups in total. The largest absolute Gasteiger partial charge is 1.00 e. The zero-order valence-electron chi connectivity index (χ0n) is 17.3. The summed E-state index contributed by atoms with van der Waals surface area (Å²) in [4.78, 5) is 27.8. The molecule has 0 bridgehead atoms. The van der Waals surface area contributed by atoms with Crippen molar-refractivity contribution in [1.82, 2.24) is 0 Å². The van der Waals surface area contributed by atoms with Gasteiger partial charge in [0.05, 0.1) is 31.6 Å². The number of rotatable bonds is 6. The molecule has 2 aromatic rings. The Hall–Kier alpha value is -2.61. The molecule has 1 heterocycles. The number of fused-ring (bicyclic) bond motifs is 2. The lowest BCUT2D eigenvalue weighted by Crippen LogP contribution is -3.10. The number of ether oxygens (including phenoxy) is 1. The topological polar surface area (TPSA) is 83.3 Å². The van der Waals surface area contributed by atoms with Crippen molar-refractivity contribution >= 4 is 29.1 Å². The predicted octanol–water partition coefficient (Wildman–Crippen LogP) is -1.47. The summed E-state index contributed by atoms with van der Waals surface area (Å²) in [6, 6.07) is 13.5. The number of carbonyl (C=O) groups excluding carboxylic acids is 2. The van der Waals surface area contributed by atoms with Crippen molar-refractivity contribution in [2.75, 3.05) is 43.6 Å². The number of carbonyl (C=O) groups is 2. The first-order chi connectivity index (χ1) is 14.0. The summed E-state index contributed by atoms with van der Waals surface area (Å²) in [5, 5.41) is 11.9. The van der Waals surface area contributed by atoms with Crippen molar-refractivity contribution in [3.63, 3.8) is 0 Å². The van der Waals surface area contributed by atoms with Crippen LogP contribution in [0, 0.1) is 0 Å². The number of aryl methyl sites for hydroxylation is 2. The van der Waals surface area contributed by atoms with E-state index in [0.717, 1.165) is 40.2 Å². The fourth-order valence-corrected chi connectivity index (χ4v) is 3.57. The number of hydrogen-bond acceptors (Lipinski definition) is 4. The summed E-state index contributed by atoms with van der Waals surface area (Å²) in [5.41, 5.74) is 4.36. The van der Waals surface area contributed by atoms with Gasteiger partial charge in [-0.25, -0.2) is 4.79 Å². The number of aliphatic hydroxyl groups excluding tert-OH is 1. The van der Waals surface area contributed by atoms with Gasteiger partial charge in [0.1, 0.15) is 6.54 Å². The van der Waals surface area contributed by atoms with Gasteiger partial charge in [0.25, 0.3) is 5.91 Å². The molecule has 0 radical (unpaired) electrons. The van der Waals surface area contributed by atoms with Crippen molar-refractivity contribution in [3.05, 3.63) is 53.6 Å². The number of anilines is 3. The first kappa shape index (κ1) is 23.7. The van der Waals surface area contributed by atoms with Crippen LogP contribution >= 0.6 is 0 Å². The van der Waals surface area contributed by atoms with Crippen LogP contribution in [-0.4, -0.2) is 50.5 Å². The van der Waals surface area contributed by atoms with Crippen LogP contribution in [0.5, 0.6) is 0 Å². The number of likely N-dealkylation sites (N-methyl/N-ethyl adjacent to an activating group) is 1. The molecule has 1 atom stereocenters. The Labute approximate surface area is 183 Å². The van der Waals surface area contributed by atoms with Crippen LogP contribution in [0.1, 0.15) is 18.1 Å². The number of quaternary nitrogens is 1. The predicted molar refractivity (Wildman–Crippen MR) is 112 cm³/mol. The highest BCUT2D eigenvalue weighted by Crippen LogP contribution is 2.37. The minimum atomic E-state index is -0.522. The van der Waals surface area contributed by atoms with Gasteiger partial charge in [-0.2, -0.15) is 0 Å². The van der Waals surface area contributed by atoms with Crippen molar-refractivity contribution in [2.24, 2.45) is 0 Å². The van der Waals surface area contributed by atoms with E-state index in [9.17, 15) is 14.7 Å². The first-order valence-corrected chi connectivity index (χ1v) is 9.93. The van der Waals surface area contributed by atoms with E-state index in [1.165, 1.54) is 0 Å². The highest BCUT2D eigenvalue weighted by Gasteiger charge is 2.28. The van der Waals surface area contributed by atoms with Crippen LogP contribution in [0.3, 0.4) is 0 Å². The van der Waals surface area contributed by atoms with E-state index in [1.54, 1.807) is 11.8 Å². The molecule has 0 fully saturated rings. The second-order valence-corrected chi connectivity index (χ2v) is 7.15. The SMILES string of the molecule is CCOC(=O)Nc1ccc2c(c1)N(C(=O)C[NH+](C)CCO)c1ccccc1CC2.[Cl-]. The van der Waals surface area contributed by atoms with Gasteiger partial charge in [-0.3, -0.25) is 15.0 Å². The van der Waals surface area contributed by atoms with Gasteiger partial charge < -0.3 is 27.2 Å². The number of hydrogen-bond donors (Lipinski definition) is 3. The lowest BCUT2D eigenvalue weighted by molar-refractivity contribution is -0.871. The van der Waals surface area contributed by atoms with Gasteiger partial charge in [0.15, 0.2) is 6.54 Å². The maximum Gasteiger partial charge on any atom is 0.411 e. The number of aliphatic hydroxyl groups is 1. The van der Waals surface area contributed by atoms with E-state index in [4.69, 9.17) is 4.74 Å². The van der Waals surface area contributed by atoms with Crippen molar-refractivity contribution in [1.29, 1.82) is 0 Å². The zero-order valence-corrected chi connectivity index (χ0v) is 18.0. The zero-order chi connectivity index (χ0) is 20.8. The quantitative estimate of drug-likeness (QED) is 0.519. The fraction of sp³-hybridized carbons (Fsp3) is 0.364. The number of halogens is 1. The van der Waals surface area contributed by atoms with Gasteiger partial charge in [-0.1, -0.05) is 24.3 Å². The van der Waals surface area contributed by atoms with E-state index >= 15 is 0 Å². The molecule has 3 rings (SSSR count). The van der Waals surface area contributed by atoms with Crippen LogP contribution in [0.4, 0.5) is 21.9 Å². The second-order valence-electron chi connectivity index (χ2n) is 7.15. The molecule has 1 unspecified atom stereocenters. The number of para-hydroxylation sites is 1. The summed E-state index contributed by atoms with van der Waals surface area (Å²) >= 11 is 0. The van der Waals surface area contributed by atoms with Crippen molar-refractivity contribution < 1.29 is 36.7 Å². The monoisotopic (exact) mass is 433 g/mol. The molecule has 1 aliphatic heterocycles. The van der Waals surface area contributed by atoms with Gasteiger partial charge in [-0.15, -0.1) is 0 Å². The highest BCUT2D eigenvalue weighted by molar-refractivity contribution is 6.03. The summed E-state index contributed by atoms with van der Waals surface area (Å²) in [6.45, 7) is 2.82. The average molecular weight is 434 g/mol. The molecular weight excluding hydrogens is 406 g/mol. The average Bonchev–Trinajstić information content (AvgIpc) is 2.84. The van der Waals surface area contributed by atoms with Crippen LogP contribution in [0.25, 0.3) is 0 Å². The summed E-state index contributed by atoms with van der Waals surface area (Å²) in [6.07, 6.45) is 1.11. The Bertz CT molecular complexity index is 890. The maximum absolute atomic E-state index is 13.3. The number of amides is 2. The molecule has 2 amide bonds. The molecule has 30 heavy (non-hydrogen) atoms. The lowest BCUT2D eigenvalue weighted by Gasteiger charge is -2.26. The number of nitrogens with zero attached hydrogens (tertiary/aromatic N) is 1. The number of nitrogens with one attached hydrogen (secondary N) is 2. The van der Waals surface area contributed by atoms with Crippen LogP contribution in [0.2, 0.25) is 0 Å². The third kappa shape index (κ3) is 5.50. The molecule has 1 aliphatic rings. The Kier molecular flexibility index (Phi) is 8.65. The third-order valence-corrected chi connectivity index (χ3v) is 4.99. The van der Waals surface area contributed by atoms with E-state index in [-0.39, 0.29) is 38.1 Å². The first-order valence-electron chi connectivity index (χ1n) is 9.93. The van der Waals surface area contributed by atoms with E-state index < -0.39 is 6.09 Å². The third-order valence-electron chi connectivity index (χ3n) is 4.99. The Morgan fingerprint density at radius 3 is 2.53 bits per heavy atom. The van der Waals surface area contributed by atoms with E-state index in [0.29, 0.717) is 12.2 Å². The molecule has 0 saturated heterocycles. The second kappa shape index (κ2) is 11.0. The maximum atomic E-state index is 13.3. The van der Waals surface area contributed by atoms with Gasteiger partial charge in [0.2, 0.25) is 0 Å². The molecule has 8 heteroatoms. The summed E-state index contributed by atoms with van der Waals surface area (Å²) < 4.78 is 4.97. The minimum Gasteiger partial charge on any atom is -1.00 e. The fourth-order valence-electron chi connectivity index (χ4n) is 3.57. The molecular formula is C22H28ClN3O4. The van der Waals surface area contributed by atoms with Crippen molar-refractivity contribution in [2.45, 2.75) is 19.8 Å². The molecule has 7 nitrogen and oxygen atoms in total. The molecule has 0 aromatic heterocycles. The van der Waals surface area contributed by atoms with Crippen LogP contribution < -0.4 is 27.5 Å². The van der Waals surface area contributed by atoms with Crippen molar-refractivity contribution in [3.8, 4) is 0 Å². The Morgan fingerprint density at radius 2 is 1.83 bits per heavy atom. The van der Waals surface area contributed by atoms with Gasteiger partial charge >= 0.3 is 6.09 Å². The standard InChI is InChI=1S/C22H27N3O4.ClH/c1-3-29-22(28)23-18-11-10-17-9-8-16-6-4-5-7-19(16)25(20(17)14-18)21(27)15-24(2)12-13-26;/h4-7,10-11,14,26H,3,8-9,12-13,15H2,1-2H3,(H,23,28);1H. The highest BCUT2D eigenvalue weighted by atomic mass is 35.5. The minimum absolute atomic E-state index is 0. The number of benzene rings is 2. The van der Waals surface area contributed by atoms with Crippen LogP contribution in [-0.2, 0) is 22.4 Å². The Balaban J connectivity index is 0.00000320. The molecule has 162 valence electrons.